The first-order chi connectivity index (χ1) is 8.34. The van der Waals surface area contributed by atoms with E-state index in [9.17, 15) is 0 Å². The van der Waals surface area contributed by atoms with E-state index in [1.807, 2.05) is 12.1 Å². The van der Waals surface area contributed by atoms with Crippen molar-refractivity contribution in [1.82, 2.24) is 4.90 Å². The van der Waals surface area contributed by atoms with E-state index in [4.69, 9.17) is 10.1 Å². The van der Waals surface area contributed by atoms with Gasteiger partial charge in [0.1, 0.15) is 5.84 Å². The number of amidine groups is 1. The van der Waals surface area contributed by atoms with Crippen molar-refractivity contribution < 1.29 is 4.74 Å². The quantitative estimate of drug-likeness (QED) is 0.865. The van der Waals surface area contributed by atoms with Crippen molar-refractivity contribution in [2.24, 2.45) is 0 Å². The van der Waals surface area contributed by atoms with Crippen molar-refractivity contribution in [3.63, 3.8) is 0 Å². The molecule has 1 unspecified atom stereocenters. The zero-order valence-corrected chi connectivity index (χ0v) is 9.98. The number of rotatable bonds is 3. The molecule has 1 fully saturated rings. The molecule has 1 saturated heterocycles. The molecule has 0 bridgehead atoms. The van der Waals surface area contributed by atoms with E-state index in [0.29, 0.717) is 11.9 Å². The fourth-order valence-corrected chi connectivity index (χ4v) is 2.71. The molecule has 90 valence electrons. The van der Waals surface area contributed by atoms with Gasteiger partial charge in [-0.2, -0.15) is 0 Å². The van der Waals surface area contributed by atoms with Gasteiger partial charge in [-0.05, 0) is 24.8 Å². The van der Waals surface area contributed by atoms with E-state index in [0.717, 1.165) is 31.7 Å². The molecule has 0 saturated carbocycles. The van der Waals surface area contributed by atoms with E-state index >= 15 is 0 Å². The predicted molar refractivity (Wildman–Crippen MR) is 67.3 cm³/mol. The highest BCUT2D eigenvalue weighted by molar-refractivity contribution is 6.00. The summed E-state index contributed by atoms with van der Waals surface area (Å²) < 4.78 is 5.63. The zero-order chi connectivity index (χ0) is 11.7. The summed E-state index contributed by atoms with van der Waals surface area (Å²) in [5.74, 6) is 0.679. The molecule has 1 N–H and O–H groups in total. The van der Waals surface area contributed by atoms with Crippen LogP contribution < -0.4 is 0 Å². The third-order valence-corrected chi connectivity index (χ3v) is 3.69. The number of hydrogen-bond donors (Lipinski definition) is 1. The van der Waals surface area contributed by atoms with Gasteiger partial charge < -0.3 is 9.64 Å². The van der Waals surface area contributed by atoms with Crippen molar-refractivity contribution in [3.8, 4) is 0 Å². The Labute approximate surface area is 102 Å². The van der Waals surface area contributed by atoms with E-state index in [-0.39, 0.29) is 0 Å². The van der Waals surface area contributed by atoms with Crippen molar-refractivity contribution in [2.45, 2.75) is 31.9 Å². The second kappa shape index (κ2) is 4.49. The van der Waals surface area contributed by atoms with Crippen LogP contribution >= 0.6 is 0 Å². The van der Waals surface area contributed by atoms with Gasteiger partial charge in [0.25, 0.3) is 0 Å². The lowest BCUT2D eigenvalue weighted by molar-refractivity contribution is 0.0985. The highest BCUT2D eigenvalue weighted by Gasteiger charge is 2.24. The van der Waals surface area contributed by atoms with Gasteiger partial charge in [0, 0.05) is 25.3 Å². The van der Waals surface area contributed by atoms with Crippen molar-refractivity contribution in [1.29, 1.82) is 5.41 Å². The Morgan fingerprint density at radius 2 is 2.24 bits per heavy atom. The molecule has 1 aromatic carbocycles. The minimum Gasteiger partial charge on any atom is -0.378 e. The Balaban J connectivity index is 1.61. The molecule has 3 heteroatoms. The summed E-state index contributed by atoms with van der Waals surface area (Å²) in [4.78, 5) is 2.16. The summed E-state index contributed by atoms with van der Waals surface area (Å²) in [5.41, 5.74) is 2.38. The summed E-state index contributed by atoms with van der Waals surface area (Å²) in [6, 6.07) is 8.23. The van der Waals surface area contributed by atoms with Crippen LogP contribution in [0.4, 0.5) is 0 Å². The van der Waals surface area contributed by atoms with Gasteiger partial charge in [0.2, 0.25) is 0 Å². The summed E-state index contributed by atoms with van der Waals surface area (Å²) >= 11 is 0. The smallest absolute Gasteiger partial charge is 0.128 e. The molecular formula is C14H18N2O. The number of benzene rings is 1. The molecular weight excluding hydrogens is 212 g/mol. The van der Waals surface area contributed by atoms with Crippen molar-refractivity contribution in [2.75, 3.05) is 13.2 Å². The van der Waals surface area contributed by atoms with Crippen molar-refractivity contribution in [3.05, 3.63) is 35.4 Å². The molecule has 0 amide bonds. The zero-order valence-electron chi connectivity index (χ0n) is 9.98. The number of nitrogens with zero attached hydrogens (tertiary/aromatic N) is 1. The van der Waals surface area contributed by atoms with E-state index in [2.05, 4.69) is 17.0 Å². The lowest BCUT2D eigenvalue weighted by atomic mass is 10.1. The van der Waals surface area contributed by atoms with Gasteiger partial charge in [0.15, 0.2) is 0 Å². The number of hydrogen-bond acceptors (Lipinski definition) is 2. The highest BCUT2D eigenvalue weighted by Crippen LogP contribution is 2.23. The molecule has 17 heavy (non-hydrogen) atoms. The van der Waals surface area contributed by atoms with Crippen LogP contribution in [-0.2, 0) is 11.3 Å². The number of ether oxygens (including phenoxy) is 1. The van der Waals surface area contributed by atoms with Gasteiger partial charge in [-0.25, -0.2) is 0 Å². The second-order valence-electron chi connectivity index (χ2n) is 4.85. The fraction of sp³-hybridized carbons (Fsp3) is 0.500. The van der Waals surface area contributed by atoms with Crippen LogP contribution in [0.5, 0.6) is 0 Å². The summed E-state index contributed by atoms with van der Waals surface area (Å²) in [6.45, 7) is 2.75. The van der Waals surface area contributed by atoms with Crippen LogP contribution in [0.15, 0.2) is 24.3 Å². The van der Waals surface area contributed by atoms with Crippen molar-refractivity contribution >= 4 is 5.84 Å². The molecule has 3 nitrogen and oxygen atoms in total. The first kappa shape index (κ1) is 10.8. The van der Waals surface area contributed by atoms with Gasteiger partial charge in [-0.15, -0.1) is 0 Å². The van der Waals surface area contributed by atoms with Gasteiger partial charge in [-0.1, -0.05) is 24.3 Å². The summed E-state index contributed by atoms with van der Waals surface area (Å²) in [7, 11) is 0. The maximum absolute atomic E-state index is 8.15. The highest BCUT2D eigenvalue weighted by atomic mass is 16.5. The van der Waals surface area contributed by atoms with Gasteiger partial charge in [-0.3, -0.25) is 5.41 Å². The largest absolute Gasteiger partial charge is 0.378 e. The molecule has 0 aromatic heterocycles. The standard InChI is InChI=1S/C14H18N2O/c15-14-13-6-2-1-4-11(13)10-16(14)8-7-12-5-3-9-17-12/h1-2,4,6,12,15H,3,5,7-10H2. The molecule has 1 aromatic rings. The molecule has 0 spiro atoms. The van der Waals surface area contributed by atoms with Crippen LogP contribution in [0, 0.1) is 5.41 Å². The first-order valence-electron chi connectivity index (χ1n) is 6.38. The third kappa shape index (κ3) is 2.07. The summed E-state index contributed by atoms with van der Waals surface area (Å²) in [6.07, 6.45) is 3.86. The normalized spacial score (nSPS) is 23.2. The number of nitrogens with one attached hydrogen (secondary N) is 1. The Bertz CT molecular complexity index is 424. The molecule has 2 heterocycles. The second-order valence-corrected chi connectivity index (χ2v) is 4.85. The Kier molecular flexibility index (Phi) is 2.85. The molecule has 2 aliphatic heterocycles. The third-order valence-electron chi connectivity index (χ3n) is 3.69. The monoisotopic (exact) mass is 230 g/mol. The number of fused-ring (bicyclic) bond motifs is 1. The molecule has 0 aliphatic carbocycles. The van der Waals surface area contributed by atoms with Gasteiger partial charge >= 0.3 is 0 Å². The van der Waals surface area contributed by atoms with E-state index < -0.39 is 0 Å². The maximum Gasteiger partial charge on any atom is 0.128 e. The fourth-order valence-electron chi connectivity index (χ4n) is 2.71. The molecule has 0 radical (unpaired) electrons. The first-order valence-corrected chi connectivity index (χ1v) is 6.38. The lowest BCUT2D eigenvalue weighted by Gasteiger charge is -2.19. The minimum atomic E-state index is 0.423. The van der Waals surface area contributed by atoms with Crippen LogP contribution in [0.2, 0.25) is 0 Å². The topological polar surface area (TPSA) is 36.3 Å². The molecule has 1 atom stereocenters. The van der Waals surface area contributed by atoms with Gasteiger partial charge in [0.05, 0.1) is 6.10 Å². The Hall–Kier alpha value is -1.35. The van der Waals surface area contributed by atoms with Crippen LogP contribution in [0.1, 0.15) is 30.4 Å². The lowest BCUT2D eigenvalue weighted by Crippen LogP contribution is -2.27. The average molecular weight is 230 g/mol. The molecule has 3 rings (SSSR count). The van der Waals surface area contributed by atoms with Crippen LogP contribution in [0.3, 0.4) is 0 Å². The maximum atomic E-state index is 8.15. The van der Waals surface area contributed by atoms with Crippen LogP contribution in [-0.4, -0.2) is 30.0 Å². The van der Waals surface area contributed by atoms with E-state index in [1.54, 1.807) is 0 Å². The minimum absolute atomic E-state index is 0.423. The predicted octanol–water partition coefficient (Wildman–Crippen LogP) is 2.40. The Morgan fingerprint density at radius 1 is 1.35 bits per heavy atom. The Morgan fingerprint density at radius 3 is 3.00 bits per heavy atom. The average Bonchev–Trinajstić information content (AvgIpc) is 2.96. The summed E-state index contributed by atoms with van der Waals surface area (Å²) in [5, 5.41) is 8.15. The molecule has 2 aliphatic rings. The van der Waals surface area contributed by atoms with E-state index in [1.165, 1.54) is 18.4 Å². The SMILES string of the molecule is N=C1c2ccccc2CN1CCC1CCCO1. The van der Waals surface area contributed by atoms with Crippen LogP contribution in [0.25, 0.3) is 0 Å².